The zero-order chi connectivity index (χ0) is 17.5. The van der Waals surface area contributed by atoms with Gasteiger partial charge in [0.2, 0.25) is 0 Å². The van der Waals surface area contributed by atoms with Crippen LogP contribution in [-0.4, -0.2) is 19.1 Å². The Balaban J connectivity index is 1.36. The van der Waals surface area contributed by atoms with E-state index in [0.29, 0.717) is 6.54 Å². The molecule has 25 heavy (non-hydrogen) atoms. The molecule has 0 aromatic heterocycles. The number of rotatable bonds is 7. The van der Waals surface area contributed by atoms with Crippen LogP contribution in [0.4, 0.5) is 0 Å². The van der Waals surface area contributed by atoms with Crippen LogP contribution in [0.15, 0.2) is 42.5 Å². The van der Waals surface area contributed by atoms with Crippen LogP contribution in [-0.2, 0) is 24.1 Å². The number of benzene rings is 2. The van der Waals surface area contributed by atoms with E-state index in [4.69, 9.17) is 4.74 Å². The Kier molecular flexibility index (Phi) is 6.10. The summed E-state index contributed by atoms with van der Waals surface area (Å²) in [6.07, 6.45) is 6.73. The highest BCUT2D eigenvalue weighted by atomic mass is 16.5. The van der Waals surface area contributed by atoms with Gasteiger partial charge in [-0.2, -0.15) is 0 Å². The summed E-state index contributed by atoms with van der Waals surface area (Å²) in [6.45, 7) is 2.86. The van der Waals surface area contributed by atoms with Gasteiger partial charge in [-0.25, -0.2) is 0 Å². The molecule has 0 fully saturated rings. The van der Waals surface area contributed by atoms with E-state index in [-0.39, 0.29) is 12.5 Å². The van der Waals surface area contributed by atoms with Crippen molar-refractivity contribution in [2.24, 2.45) is 0 Å². The highest BCUT2D eigenvalue weighted by Gasteiger charge is 2.10. The lowest BCUT2D eigenvalue weighted by Gasteiger charge is -2.16. The molecule has 0 saturated heterocycles. The van der Waals surface area contributed by atoms with Crippen molar-refractivity contribution in [1.82, 2.24) is 5.32 Å². The average molecular weight is 337 g/mol. The fourth-order valence-corrected chi connectivity index (χ4v) is 3.27. The van der Waals surface area contributed by atoms with Gasteiger partial charge >= 0.3 is 0 Å². The van der Waals surface area contributed by atoms with Crippen molar-refractivity contribution in [3.05, 3.63) is 64.7 Å². The number of fused-ring (bicyclic) bond motifs is 1. The number of hydrogen-bond acceptors (Lipinski definition) is 2. The van der Waals surface area contributed by atoms with Gasteiger partial charge in [0.05, 0.1) is 0 Å². The van der Waals surface area contributed by atoms with E-state index in [2.05, 4.69) is 48.6 Å². The van der Waals surface area contributed by atoms with Gasteiger partial charge in [0.1, 0.15) is 5.75 Å². The lowest BCUT2D eigenvalue weighted by Crippen LogP contribution is -2.29. The first-order chi connectivity index (χ1) is 12.2. The van der Waals surface area contributed by atoms with Crippen molar-refractivity contribution < 1.29 is 9.53 Å². The number of amides is 1. The number of aryl methyl sites for hydroxylation is 4. The van der Waals surface area contributed by atoms with E-state index >= 15 is 0 Å². The monoisotopic (exact) mass is 337 g/mol. The summed E-state index contributed by atoms with van der Waals surface area (Å²) in [4.78, 5) is 11.9. The summed E-state index contributed by atoms with van der Waals surface area (Å²) in [5, 5.41) is 2.93. The average Bonchev–Trinajstić information content (AvgIpc) is 2.65. The molecule has 1 aliphatic carbocycles. The molecule has 1 aliphatic rings. The second kappa shape index (κ2) is 8.70. The molecule has 2 aromatic rings. The maximum absolute atomic E-state index is 11.9. The quantitative estimate of drug-likeness (QED) is 0.776. The SMILES string of the molecule is Cc1ccc(CCCNC(=O)COc2ccc3c(c2)CCCC3)cc1. The summed E-state index contributed by atoms with van der Waals surface area (Å²) < 4.78 is 5.65. The highest BCUT2D eigenvalue weighted by Crippen LogP contribution is 2.25. The van der Waals surface area contributed by atoms with Gasteiger partial charge in [0, 0.05) is 6.54 Å². The third-order valence-electron chi connectivity index (χ3n) is 4.77. The molecule has 3 heteroatoms. The molecule has 0 aliphatic heterocycles. The summed E-state index contributed by atoms with van der Waals surface area (Å²) in [6, 6.07) is 14.8. The predicted molar refractivity (Wildman–Crippen MR) is 101 cm³/mol. The zero-order valence-corrected chi connectivity index (χ0v) is 15.0. The number of hydrogen-bond donors (Lipinski definition) is 1. The fourth-order valence-electron chi connectivity index (χ4n) is 3.27. The molecule has 0 bridgehead atoms. The third-order valence-corrected chi connectivity index (χ3v) is 4.77. The van der Waals surface area contributed by atoms with Crippen molar-refractivity contribution >= 4 is 5.91 Å². The molecule has 0 unspecified atom stereocenters. The molecule has 0 radical (unpaired) electrons. The standard InChI is InChI=1S/C22H27NO2/c1-17-8-10-18(11-9-17)5-4-14-23-22(24)16-25-21-13-12-19-6-2-3-7-20(19)15-21/h8-13,15H,2-7,14,16H2,1H3,(H,23,24). The highest BCUT2D eigenvalue weighted by molar-refractivity contribution is 5.77. The van der Waals surface area contributed by atoms with E-state index in [1.165, 1.54) is 35.1 Å². The van der Waals surface area contributed by atoms with Crippen LogP contribution in [0.2, 0.25) is 0 Å². The minimum atomic E-state index is -0.0540. The van der Waals surface area contributed by atoms with E-state index < -0.39 is 0 Å². The van der Waals surface area contributed by atoms with E-state index in [0.717, 1.165) is 31.4 Å². The lowest BCUT2D eigenvalue weighted by molar-refractivity contribution is -0.123. The first kappa shape index (κ1) is 17.5. The van der Waals surface area contributed by atoms with Crippen LogP contribution >= 0.6 is 0 Å². The fraction of sp³-hybridized carbons (Fsp3) is 0.409. The minimum Gasteiger partial charge on any atom is -0.484 e. The summed E-state index contributed by atoms with van der Waals surface area (Å²) in [5.74, 6) is 0.747. The molecule has 0 heterocycles. The van der Waals surface area contributed by atoms with Gasteiger partial charge in [-0.05, 0) is 74.3 Å². The number of carbonyl (C=O) groups excluding carboxylic acids is 1. The van der Waals surface area contributed by atoms with E-state index in [1.807, 2.05) is 6.07 Å². The van der Waals surface area contributed by atoms with Gasteiger partial charge in [0.15, 0.2) is 6.61 Å². The van der Waals surface area contributed by atoms with Crippen LogP contribution < -0.4 is 10.1 Å². The van der Waals surface area contributed by atoms with Crippen LogP contribution in [0, 0.1) is 6.92 Å². The molecule has 1 N–H and O–H groups in total. The van der Waals surface area contributed by atoms with Crippen LogP contribution in [0.1, 0.15) is 41.5 Å². The van der Waals surface area contributed by atoms with Gasteiger partial charge < -0.3 is 10.1 Å². The molecule has 0 spiro atoms. The Hall–Kier alpha value is -2.29. The molecule has 0 saturated carbocycles. The summed E-state index contributed by atoms with van der Waals surface area (Å²) >= 11 is 0. The molecule has 1 amide bonds. The van der Waals surface area contributed by atoms with Gasteiger partial charge in [-0.15, -0.1) is 0 Å². The van der Waals surface area contributed by atoms with Gasteiger partial charge in [-0.3, -0.25) is 4.79 Å². The van der Waals surface area contributed by atoms with Crippen molar-refractivity contribution in [2.45, 2.75) is 45.4 Å². The van der Waals surface area contributed by atoms with Crippen molar-refractivity contribution in [2.75, 3.05) is 13.2 Å². The first-order valence-electron chi connectivity index (χ1n) is 9.27. The van der Waals surface area contributed by atoms with Crippen molar-refractivity contribution in [3.63, 3.8) is 0 Å². The topological polar surface area (TPSA) is 38.3 Å². The normalized spacial score (nSPS) is 13.2. The second-order valence-corrected chi connectivity index (χ2v) is 6.87. The maximum Gasteiger partial charge on any atom is 0.257 e. The predicted octanol–water partition coefficient (Wildman–Crippen LogP) is 4.00. The largest absolute Gasteiger partial charge is 0.484 e. The first-order valence-corrected chi connectivity index (χ1v) is 9.27. The van der Waals surface area contributed by atoms with E-state index in [9.17, 15) is 4.79 Å². The van der Waals surface area contributed by atoms with Crippen molar-refractivity contribution in [3.8, 4) is 5.75 Å². The second-order valence-electron chi connectivity index (χ2n) is 6.87. The lowest BCUT2D eigenvalue weighted by atomic mass is 9.92. The molecule has 2 aromatic carbocycles. The molecule has 3 nitrogen and oxygen atoms in total. The number of carbonyl (C=O) groups is 1. The van der Waals surface area contributed by atoms with Gasteiger partial charge in [0.25, 0.3) is 5.91 Å². The number of nitrogens with one attached hydrogen (secondary N) is 1. The maximum atomic E-state index is 11.9. The van der Waals surface area contributed by atoms with Crippen molar-refractivity contribution in [1.29, 1.82) is 0 Å². The third kappa shape index (κ3) is 5.35. The molecule has 3 rings (SSSR count). The Morgan fingerprint density at radius 2 is 1.80 bits per heavy atom. The Bertz CT molecular complexity index is 706. The molecular formula is C22H27NO2. The Morgan fingerprint density at radius 1 is 1.04 bits per heavy atom. The van der Waals surface area contributed by atoms with E-state index in [1.54, 1.807) is 0 Å². The molecular weight excluding hydrogens is 310 g/mol. The Labute approximate surface area is 150 Å². The van der Waals surface area contributed by atoms with Crippen LogP contribution in [0.3, 0.4) is 0 Å². The molecule has 0 atom stereocenters. The summed E-state index contributed by atoms with van der Waals surface area (Å²) in [5.41, 5.74) is 5.39. The summed E-state index contributed by atoms with van der Waals surface area (Å²) in [7, 11) is 0. The van der Waals surface area contributed by atoms with Gasteiger partial charge in [-0.1, -0.05) is 35.9 Å². The Morgan fingerprint density at radius 3 is 2.60 bits per heavy atom. The van der Waals surface area contributed by atoms with Crippen LogP contribution in [0.25, 0.3) is 0 Å². The smallest absolute Gasteiger partial charge is 0.257 e. The molecule has 132 valence electrons. The minimum absolute atomic E-state index is 0.0540. The zero-order valence-electron chi connectivity index (χ0n) is 15.0. The number of ether oxygens (including phenoxy) is 1. The van der Waals surface area contributed by atoms with Crippen LogP contribution in [0.5, 0.6) is 5.75 Å².